The molecule has 2 rings (SSSR count). The lowest BCUT2D eigenvalue weighted by Crippen LogP contribution is -2.22. The van der Waals surface area contributed by atoms with Crippen LogP contribution in [0.25, 0.3) is 0 Å². The SMILES string of the molecule is Cc1cccc(C(=O)NCc2cnc(C)s2)c1. The Morgan fingerprint density at radius 2 is 2.24 bits per heavy atom. The van der Waals surface area contributed by atoms with E-state index in [2.05, 4.69) is 10.3 Å². The van der Waals surface area contributed by atoms with Crippen molar-refractivity contribution in [3.8, 4) is 0 Å². The summed E-state index contributed by atoms with van der Waals surface area (Å²) in [4.78, 5) is 17.1. The Morgan fingerprint density at radius 1 is 1.41 bits per heavy atom. The fourth-order valence-electron chi connectivity index (χ4n) is 1.54. The van der Waals surface area contributed by atoms with Crippen molar-refractivity contribution in [3.05, 3.63) is 51.5 Å². The van der Waals surface area contributed by atoms with Gasteiger partial charge in [-0.2, -0.15) is 0 Å². The van der Waals surface area contributed by atoms with Gasteiger partial charge in [-0.25, -0.2) is 4.98 Å². The van der Waals surface area contributed by atoms with Crippen LogP contribution in [0.4, 0.5) is 0 Å². The summed E-state index contributed by atoms with van der Waals surface area (Å²) in [7, 11) is 0. The number of hydrogen-bond acceptors (Lipinski definition) is 3. The number of amides is 1. The molecule has 0 spiro atoms. The topological polar surface area (TPSA) is 42.0 Å². The number of hydrogen-bond donors (Lipinski definition) is 1. The zero-order valence-electron chi connectivity index (χ0n) is 9.86. The Balaban J connectivity index is 1.98. The summed E-state index contributed by atoms with van der Waals surface area (Å²) < 4.78 is 0. The number of nitrogens with one attached hydrogen (secondary N) is 1. The molecule has 0 saturated heterocycles. The molecule has 4 heteroatoms. The molecule has 1 aromatic heterocycles. The van der Waals surface area contributed by atoms with Gasteiger partial charge >= 0.3 is 0 Å². The van der Waals surface area contributed by atoms with Gasteiger partial charge in [-0.1, -0.05) is 17.7 Å². The third kappa shape index (κ3) is 3.14. The molecule has 0 aliphatic rings. The maximum absolute atomic E-state index is 11.9. The number of aryl methyl sites for hydroxylation is 2. The summed E-state index contributed by atoms with van der Waals surface area (Å²) in [5.41, 5.74) is 1.79. The van der Waals surface area contributed by atoms with Crippen LogP contribution in [0.3, 0.4) is 0 Å². The Labute approximate surface area is 105 Å². The van der Waals surface area contributed by atoms with Gasteiger partial charge in [0.1, 0.15) is 0 Å². The molecule has 2 aromatic rings. The van der Waals surface area contributed by atoms with Gasteiger partial charge in [0.2, 0.25) is 0 Å². The van der Waals surface area contributed by atoms with Gasteiger partial charge in [-0.15, -0.1) is 11.3 Å². The molecule has 0 unspecified atom stereocenters. The number of thiazole rings is 1. The smallest absolute Gasteiger partial charge is 0.251 e. The van der Waals surface area contributed by atoms with Crippen LogP contribution >= 0.6 is 11.3 Å². The molecule has 0 radical (unpaired) electrons. The summed E-state index contributed by atoms with van der Waals surface area (Å²) in [5.74, 6) is -0.0419. The van der Waals surface area contributed by atoms with Crippen LogP contribution in [0.5, 0.6) is 0 Å². The van der Waals surface area contributed by atoms with Crippen LogP contribution in [0.2, 0.25) is 0 Å². The van der Waals surface area contributed by atoms with E-state index in [0.717, 1.165) is 15.4 Å². The minimum Gasteiger partial charge on any atom is -0.347 e. The molecule has 1 N–H and O–H groups in total. The first-order valence-corrected chi connectivity index (χ1v) is 6.23. The van der Waals surface area contributed by atoms with Gasteiger partial charge in [0.15, 0.2) is 0 Å². The number of benzene rings is 1. The fourth-order valence-corrected chi connectivity index (χ4v) is 2.28. The van der Waals surface area contributed by atoms with E-state index >= 15 is 0 Å². The van der Waals surface area contributed by atoms with E-state index in [0.29, 0.717) is 12.1 Å². The molecule has 0 fully saturated rings. The zero-order chi connectivity index (χ0) is 12.3. The largest absolute Gasteiger partial charge is 0.347 e. The Kier molecular flexibility index (Phi) is 3.54. The fraction of sp³-hybridized carbons (Fsp3) is 0.231. The van der Waals surface area contributed by atoms with Crippen LogP contribution in [0.15, 0.2) is 30.5 Å². The standard InChI is InChI=1S/C13H14N2OS/c1-9-4-3-5-11(6-9)13(16)15-8-12-7-14-10(2)17-12/h3-7H,8H2,1-2H3,(H,15,16). The third-order valence-corrected chi connectivity index (χ3v) is 3.29. The van der Waals surface area contributed by atoms with Gasteiger partial charge in [0.25, 0.3) is 5.91 Å². The van der Waals surface area contributed by atoms with E-state index in [1.54, 1.807) is 17.5 Å². The molecule has 1 heterocycles. The molecule has 0 aliphatic carbocycles. The third-order valence-electron chi connectivity index (χ3n) is 2.37. The van der Waals surface area contributed by atoms with Crippen molar-refractivity contribution in [1.82, 2.24) is 10.3 Å². The molecule has 1 aromatic carbocycles. The first-order valence-electron chi connectivity index (χ1n) is 5.41. The quantitative estimate of drug-likeness (QED) is 0.904. The lowest BCUT2D eigenvalue weighted by atomic mass is 10.1. The van der Waals surface area contributed by atoms with Crippen molar-refractivity contribution >= 4 is 17.2 Å². The highest BCUT2D eigenvalue weighted by Crippen LogP contribution is 2.11. The van der Waals surface area contributed by atoms with Crippen molar-refractivity contribution in [2.75, 3.05) is 0 Å². The second-order valence-electron chi connectivity index (χ2n) is 3.90. The van der Waals surface area contributed by atoms with Crippen molar-refractivity contribution in [1.29, 1.82) is 0 Å². The molecule has 17 heavy (non-hydrogen) atoms. The van der Waals surface area contributed by atoms with Gasteiger partial charge < -0.3 is 5.32 Å². The summed E-state index contributed by atoms with van der Waals surface area (Å²) >= 11 is 1.60. The highest BCUT2D eigenvalue weighted by atomic mass is 32.1. The van der Waals surface area contributed by atoms with Gasteiger partial charge in [0, 0.05) is 16.6 Å². The molecule has 88 valence electrons. The van der Waals surface area contributed by atoms with Crippen molar-refractivity contribution in [3.63, 3.8) is 0 Å². The van der Waals surface area contributed by atoms with Gasteiger partial charge in [-0.3, -0.25) is 4.79 Å². The number of nitrogens with zero attached hydrogens (tertiary/aromatic N) is 1. The molecule has 1 amide bonds. The average Bonchev–Trinajstić information content (AvgIpc) is 2.72. The summed E-state index contributed by atoms with van der Waals surface area (Å²) in [6.45, 7) is 4.47. The van der Waals surface area contributed by atoms with Crippen molar-refractivity contribution < 1.29 is 4.79 Å². The number of carbonyl (C=O) groups is 1. The predicted octanol–water partition coefficient (Wildman–Crippen LogP) is 2.69. The minimum atomic E-state index is -0.0419. The van der Waals surface area contributed by atoms with Gasteiger partial charge in [0.05, 0.1) is 11.6 Å². The monoisotopic (exact) mass is 246 g/mol. The van der Waals surface area contributed by atoms with Crippen molar-refractivity contribution in [2.45, 2.75) is 20.4 Å². The highest BCUT2D eigenvalue weighted by Gasteiger charge is 2.05. The Morgan fingerprint density at radius 3 is 2.88 bits per heavy atom. The van der Waals surface area contributed by atoms with E-state index in [9.17, 15) is 4.79 Å². The van der Waals surface area contributed by atoms with Crippen LogP contribution in [0.1, 0.15) is 25.8 Å². The summed E-state index contributed by atoms with van der Waals surface area (Å²) in [6.07, 6.45) is 1.80. The maximum atomic E-state index is 11.9. The van der Waals surface area contributed by atoms with Crippen molar-refractivity contribution in [2.24, 2.45) is 0 Å². The summed E-state index contributed by atoms with van der Waals surface area (Å²) in [6, 6.07) is 7.57. The molecule has 0 atom stereocenters. The summed E-state index contributed by atoms with van der Waals surface area (Å²) in [5, 5.41) is 3.91. The second-order valence-corrected chi connectivity index (χ2v) is 5.22. The molecular formula is C13H14N2OS. The van der Waals surface area contributed by atoms with E-state index in [1.807, 2.05) is 38.1 Å². The van der Waals surface area contributed by atoms with E-state index in [4.69, 9.17) is 0 Å². The van der Waals surface area contributed by atoms with E-state index in [1.165, 1.54) is 0 Å². The predicted molar refractivity (Wildman–Crippen MR) is 69.2 cm³/mol. The van der Waals surface area contributed by atoms with E-state index in [-0.39, 0.29) is 5.91 Å². The second kappa shape index (κ2) is 5.10. The first kappa shape index (κ1) is 11.8. The Bertz CT molecular complexity index is 534. The number of carbonyl (C=O) groups excluding carboxylic acids is 1. The Hall–Kier alpha value is -1.68. The minimum absolute atomic E-state index is 0.0419. The lowest BCUT2D eigenvalue weighted by molar-refractivity contribution is 0.0951. The van der Waals surface area contributed by atoms with Crippen LogP contribution in [-0.2, 0) is 6.54 Å². The zero-order valence-corrected chi connectivity index (χ0v) is 10.7. The normalized spacial score (nSPS) is 10.2. The lowest BCUT2D eigenvalue weighted by Gasteiger charge is -2.03. The molecular weight excluding hydrogens is 232 g/mol. The average molecular weight is 246 g/mol. The molecule has 0 aliphatic heterocycles. The number of aromatic nitrogens is 1. The molecule has 0 saturated carbocycles. The highest BCUT2D eigenvalue weighted by molar-refractivity contribution is 7.11. The van der Waals surface area contributed by atoms with Crippen LogP contribution in [-0.4, -0.2) is 10.9 Å². The van der Waals surface area contributed by atoms with Crippen LogP contribution in [0, 0.1) is 13.8 Å². The van der Waals surface area contributed by atoms with Crippen LogP contribution < -0.4 is 5.32 Å². The van der Waals surface area contributed by atoms with Gasteiger partial charge in [-0.05, 0) is 26.0 Å². The molecule has 3 nitrogen and oxygen atoms in total. The number of rotatable bonds is 3. The van der Waals surface area contributed by atoms with E-state index < -0.39 is 0 Å². The maximum Gasteiger partial charge on any atom is 0.251 e. The first-order chi connectivity index (χ1) is 8.15. The molecule has 0 bridgehead atoms.